The van der Waals surface area contributed by atoms with Gasteiger partial charge in [-0.05, 0) is 48.0 Å². The van der Waals surface area contributed by atoms with Crippen LogP contribution in [-0.4, -0.2) is 5.78 Å². The number of rotatable bonds is 4. The molecule has 0 N–H and O–H groups in total. The average Bonchev–Trinajstić information content (AvgIpc) is 3.01. The highest BCUT2D eigenvalue weighted by molar-refractivity contribution is 6.42. The number of halogens is 4. The molecule has 146 valence electrons. The molecule has 0 atom stereocenters. The molecule has 0 bridgehead atoms. The van der Waals surface area contributed by atoms with E-state index >= 15 is 0 Å². The molecule has 4 rings (SSSR count). The number of ether oxygens (including phenoxy) is 2. The molecule has 29 heavy (non-hydrogen) atoms. The first-order valence-corrected chi connectivity index (χ1v) is 9.65. The quantitative estimate of drug-likeness (QED) is 0.403. The summed E-state index contributed by atoms with van der Waals surface area (Å²) >= 11 is 17.9. The number of carbonyl (C=O) groups excluding carboxylic acids is 1. The number of carbonyl (C=O) groups is 1. The summed E-state index contributed by atoms with van der Waals surface area (Å²) in [6.07, 6.45) is 1.30. The topological polar surface area (TPSA) is 35.5 Å². The van der Waals surface area contributed by atoms with Crippen molar-refractivity contribution in [3.8, 4) is 11.5 Å². The van der Waals surface area contributed by atoms with Gasteiger partial charge in [0.25, 0.3) is 0 Å². The molecule has 0 aliphatic carbocycles. The van der Waals surface area contributed by atoms with Crippen molar-refractivity contribution < 1.29 is 18.7 Å². The van der Waals surface area contributed by atoms with Crippen LogP contribution in [0.2, 0.25) is 15.1 Å². The minimum atomic E-state index is -0.539. The largest absolute Gasteiger partial charge is 0.489 e. The Balaban J connectivity index is 1.54. The van der Waals surface area contributed by atoms with Crippen LogP contribution in [0, 0.1) is 5.82 Å². The maximum absolute atomic E-state index is 14.0. The van der Waals surface area contributed by atoms with Gasteiger partial charge in [-0.25, -0.2) is 4.39 Å². The molecule has 1 aliphatic rings. The smallest absolute Gasteiger partial charge is 0.231 e. The van der Waals surface area contributed by atoms with Crippen LogP contribution >= 0.6 is 34.8 Å². The van der Waals surface area contributed by atoms with Crippen LogP contribution in [-0.2, 0) is 6.61 Å². The summed E-state index contributed by atoms with van der Waals surface area (Å²) in [6.45, 7) is 0.261. The van der Waals surface area contributed by atoms with Crippen molar-refractivity contribution in [2.75, 3.05) is 0 Å². The Bertz CT molecular complexity index is 1140. The monoisotopic (exact) mass is 448 g/mol. The van der Waals surface area contributed by atoms with E-state index in [-0.39, 0.29) is 28.7 Å². The van der Waals surface area contributed by atoms with Crippen molar-refractivity contribution in [2.45, 2.75) is 6.61 Å². The number of hydrogen-bond donors (Lipinski definition) is 0. The molecule has 1 aliphatic heterocycles. The van der Waals surface area contributed by atoms with Crippen LogP contribution in [0.25, 0.3) is 6.08 Å². The molecule has 3 aromatic carbocycles. The van der Waals surface area contributed by atoms with Crippen LogP contribution in [0.1, 0.15) is 21.5 Å². The summed E-state index contributed by atoms with van der Waals surface area (Å²) < 4.78 is 25.4. The highest BCUT2D eigenvalue weighted by Gasteiger charge is 2.28. The van der Waals surface area contributed by atoms with E-state index in [2.05, 4.69) is 0 Å². The van der Waals surface area contributed by atoms with E-state index in [1.54, 1.807) is 42.5 Å². The number of Topliss-reactive ketones (excluding diaryl/α,β-unsaturated/α-hetero) is 1. The number of ketones is 1. The number of benzene rings is 3. The molecule has 0 spiro atoms. The van der Waals surface area contributed by atoms with Gasteiger partial charge in [0.05, 0.1) is 20.6 Å². The van der Waals surface area contributed by atoms with Gasteiger partial charge >= 0.3 is 0 Å². The Morgan fingerprint density at radius 2 is 1.79 bits per heavy atom. The SMILES string of the molecule is O=C1C(=Cc2c(F)cccc2Cl)Oc2cc(OCc3ccc(Cl)c(Cl)c3)ccc21. The van der Waals surface area contributed by atoms with E-state index in [9.17, 15) is 9.18 Å². The van der Waals surface area contributed by atoms with Crippen molar-refractivity contribution in [2.24, 2.45) is 0 Å². The van der Waals surface area contributed by atoms with E-state index < -0.39 is 5.82 Å². The second-order valence-electron chi connectivity index (χ2n) is 6.27. The van der Waals surface area contributed by atoms with Crippen molar-refractivity contribution in [3.63, 3.8) is 0 Å². The van der Waals surface area contributed by atoms with Crippen LogP contribution in [0.15, 0.2) is 60.4 Å². The van der Waals surface area contributed by atoms with Crippen LogP contribution < -0.4 is 9.47 Å². The van der Waals surface area contributed by atoms with Gasteiger partial charge in [0.1, 0.15) is 23.9 Å². The van der Waals surface area contributed by atoms with Crippen LogP contribution in [0.5, 0.6) is 11.5 Å². The summed E-state index contributed by atoms with van der Waals surface area (Å²) in [5, 5.41) is 1.10. The maximum Gasteiger partial charge on any atom is 0.231 e. The third-order valence-corrected chi connectivity index (χ3v) is 5.37. The molecule has 3 aromatic rings. The summed E-state index contributed by atoms with van der Waals surface area (Å²) in [5.41, 5.74) is 1.30. The zero-order valence-electron chi connectivity index (χ0n) is 14.7. The zero-order valence-corrected chi connectivity index (χ0v) is 17.0. The molecular formula is C22H12Cl3FO3. The lowest BCUT2D eigenvalue weighted by Crippen LogP contribution is -1.99. The Hall–Kier alpha value is -2.53. The van der Waals surface area contributed by atoms with Gasteiger partial charge in [0, 0.05) is 11.6 Å². The van der Waals surface area contributed by atoms with Gasteiger partial charge in [-0.1, -0.05) is 46.9 Å². The highest BCUT2D eigenvalue weighted by atomic mass is 35.5. The van der Waals surface area contributed by atoms with Crippen molar-refractivity contribution in [3.05, 3.63) is 97.9 Å². The lowest BCUT2D eigenvalue weighted by molar-refractivity contribution is 0.101. The Kier molecular flexibility index (Phi) is 5.50. The van der Waals surface area contributed by atoms with Gasteiger partial charge in [0.15, 0.2) is 5.76 Å². The van der Waals surface area contributed by atoms with Crippen LogP contribution in [0.4, 0.5) is 4.39 Å². The van der Waals surface area contributed by atoms with E-state index in [0.29, 0.717) is 27.1 Å². The molecule has 1 heterocycles. The maximum atomic E-state index is 14.0. The number of fused-ring (bicyclic) bond motifs is 1. The Labute approximate surface area is 181 Å². The second kappa shape index (κ2) is 8.07. The molecule has 0 fully saturated rings. The molecule has 0 amide bonds. The standard InChI is InChI=1S/C22H12Cl3FO3/c23-16-2-1-3-19(26)15(16)10-21-22(27)14-6-5-13(9-20(14)29-21)28-11-12-4-7-17(24)18(25)8-12/h1-10H,11H2. The first-order valence-electron chi connectivity index (χ1n) is 8.51. The Morgan fingerprint density at radius 3 is 2.55 bits per heavy atom. The molecule has 0 unspecified atom stereocenters. The highest BCUT2D eigenvalue weighted by Crippen LogP contribution is 2.36. The summed E-state index contributed by atoms with van der Waals surface area (Å²) in [4.78, 5) is 12.6. The third kappa shape index (κ3) is 4.10. The minimum Gasteiger partial charge on any atom is -0.489 e. The normalized spacial score (nSPS) is 14.1. The fourth-order valence-electron chi connectivity index (χ4n) is 2.83. The fourth-order valence-corrected chi connectivity index (χ4v) is 3.37. The Morgan fingerprint density at radius 1 is 0.966 bits per heavy atom. The first-order chi connectivity index (χ1) is 13.9. The molecule has 7 heteroatoms. The third-order valence-electron chi connectivity index (χ3n) is 4.31. The summed E-state index contributed by atoms with van der Waals surface area (Å²) in [6, 6.07) is 14.4. The second-order valence-corrected chi connectivity index (χ2v) is 7.49. The van der Waals surface area contributed by atoms with Gasteiger partial charge in [-0.3, -0.25) is 4.79 Å². The van der Waals surface area contributed by atoms with Crippen LogP contribution in [0.3, 0.4) is 0 Å². The average molecular weight is 450 g/mol. The van der Waals surface area contributed by atoms with Crippen molar-refractivity contribution >= 4 is 46.7 Å². The predicted octanol–water partition coefficient (Wildman–Crippen LogP) is 6.98. The number of hydrogen-bond acceptors (Lipinski definition) is 3. The predicted molar refractivity (Wildman–Crippen MR) is 112 cm³/mol. The summed E-state index contributed by atoms with van der Waals surface area (Å²) in [7, 11) is 0. The van der Waals surface area contributed by atoms with Gasteiger partial charge in [-0.15, -0.1) is 0 Å². The van der Waals surface area contributed by atoms with E-state index in [4.69, 9.17) is 44.3 Å². The molecule has 0 saturated heterocycles. The molecule has 0 aromatic heterocycles. The molecule has 0 saturated carbocycles. The first kappa shape index (κ1) is 19.8. The lowest BCUT2D eigenvalue weighted by atomic mass is 10.1. The van der Waals surface area contributed by atoms with E-state index in [0.717, 1.165) is 5.56 Å². The summed E-state index contributed by atoms with van der Waals surface area (Å²) in [5.74, 6) is -0.0554. The lowest BCUT2D eigenvalue weighted by Gasteiger charge is -2.08. The molecule has 3 nitrogen and oxygen atoms in total. The fraction of sp³-hybridized carbons (Fsp3) is 0.0455. The minimum absolute atomic E-state index is 0.00590. The van der Waals surface area contributed by atoms with Gasteiger partial charge in [-0.2, -0.15) is 0 Å². The van der Waals surface area contributed by atoms with Crippen molar-refractivity contribution in [1.82, 2.24) is 0 Å². The van der Waals surface area contributed by atoms with Crippen molar-refractivity contribution in [1.29, 1.82) is 0 Å². The zero-order chi connectivity index (χ0) is 20.5. The number of allylic oxidation sites excluding steroid dienone is 1. The molecule has 0 radical (unpaired) electrons. The van der Waals surface area contributed by atoms with E-state index in [1.165, 1.54) is 18.2 Å². The van der Waals surface area contributed by atoms with E-state index in [1.807, 2.05) is 0 Å². The van der Waals surface area contributed by atoms with Gasteiger partial charge in [0.2, 0.25) is 5.78 Å². The molecular weight excluding hydrogens is 438 g/mol. The van der Waals surface area contributed by atoms with Gasteiger partial charge < -0.3 is 9.47 Å².